The van der Waals surface area contributed by atoms with Crippen molar-refractivity contribution in [2.75, 3.05) is 11.9 Å². The molecular formula is C12H11N3S2. The fraction of sp³-hybridized carbons (Fsp3) is 0.167. The van der Waals surface area contributed by atoms with Gasteiger partial charge in [-0.05, 0) is 29.8 Å². The lowest BCUT2D eigenvalue weighted by atomic mass is 10.3. The van der Waals surface area contributed by atoms with Gasteiger partial charge in [-0.2, -0.15) is 11.3 Å². The van der Waals surface area contributed by atoms with Crippen molar-refractivity contribution in [1.82, 2.24) is 9.97 Å². The van der Waals surface area contributed by atoms with Gasteiger partial charge in [-0.1, -0.05) is 0 Å². The van der Waals surface area contributed by atoms with Gasteiger partial charge >= 0.3 is 0 Å². The molecule has 0 saturated carbocycles. The van der Waals surface area contributed by atoms with Crippen LogP contribution in [0.2, 0.25) is 0 Å². The average molecular weight is 261 g/mol. The highest BCUT2D eigenvalue weighted by atomic mass is 32.1. The predicted molar refractivity (Wildman–Crippen MR) is 74.9 cm³/mol. The molecule has 3 nitrogen and oxygen atoms in total. The first-order valence-electron chi connectivity index (χ1n) is 5.40. The van der Waals surface area contributed by atoms with E-state index in [1.54, 1.807) is 22.7 Å². The lowest BCUT2D eigenvalue weighted by Gasteiger charge is -2.05. The molecule has 17 heavy (non-hydrogen) atoms. The standard InChI is InChI=1S/C12H11N3S2/c1-2-13-11-9-4-6-17-12(9)15-10(14-11)8-3-5-16-7-8/h3-7H,2H2,1H3,(H,13,14,15). The van der Waals surface area contributed by atoms with Crippen LogP contribution in [0.4, 0.5) is 5.82 Å². The summed E-state index contributed by atoms with van der Waals surface area (Å²) in [5.41, 5.74) is 1.09. The van der Waals surface area contributed by atoms with Gasteiger partial charge in [0, 0.05) is 17.5 Å². The zero-order valence-corrected chi connectivity index (χ0v) is 10.9. The van der Waals surface area contributed by atoms with Gasteiger partial charge in [0.25, 0.3) is 0 Å². The quantitative estimate of drug-likeness (QED) is 0.778. The van der Waals surface area contributed by atoms with E-state index in [9.17, 15) is 0 Å². The van der Waals surface area contributed by atoms with Crippen molar-refractivity contribution in [2.45, 2.75) is 6.92 Å². The summed E-state index contributed by atoms with van der Waals surface area (Å²) in [6, 6.07) is 4.12. The second kappa shape index (κ2) is 4.43. The molecular weight excluding hydrogens is 250 g/mol. The number of hydrogen-bond acceptors (Lipinski definition) is 5. The van der Waals surface area contributed by atoms with Crippen molar-refractivity contribution < 1.29 is 0 Å². The fourth-order valence-electron chi connectivity index (χ4n) is 1.68. The highest BCUT2D eigenvalue weighted by Crippen LogP contribution is 2.28. The monoisotopic (exact) mass is 261 g/mol. The van der Waals surface area contributed by atoms with Crippen molar-refractivity contribution in [3.8, 4) is 11.4 Å². The highest BCUT2D eigenvalue weighted by Gasteiger charge is 2.09. The molecule has 0 saturated heterocycles. The molecule has 0 bridgehead atoms. The molecule has 0 aliphatic heterocycles. The molecule has 1 N–H and O–H groups in total. The van der Waals surface area contributed by atoms with E-state index in [0.29, 0.717) is 0 Å². The first-order valence-corrected chi connectivity index (χ1v) is 7.22. The Balaban J connectivity index is 2.20. The number of aromatic nitrogens is 2. The Morgan fingerprint density at radius 2 is 2.18 bits per heavy atom. The van der Waals surface area contributed by atoms with Crippen LogP contribution in [0.3, 0.4) is 0 Å². The molecule has 0 radical (unpaired) electrons. The molecule has 0 spiro atoms. The Hall–Kier alpha value is -1.46. The summed E-state index contributed by atoms with van der Waals surface area (Å²) in [5, 5.41) is 10.6. The topological polar surface area (TPSA) is 37.8 Å². The van der Waals surface area contributed by atoms with Crippen LogP contribution in [-0.2, 0) is 0 Å². The molecule has 5 heteroatoms. The molecule has 0 atom stereocenters. The molecule has 3 rings (SSSR count). The average Bonchev–Trinajstić information content (AvgIpc) is 3.00. The van der Waals surface area contributed by atoms with E-state index >= 15 is 0 Å². The van der Waals surface area contributed by atoms with E-state index in [4.69, 9.17) is 0 Å². The van der Waals surface area contributed by atoms with Crippen LogP contribution in [0.15, 0.2) is 28.3 Å². The molecule has 0 aliphatic rings. The molecule has 3 aromatic heterocycles. The number of hydrogen-bond donors (Lipinski definition) is 1. The summed E-state index contributed by atoms with van der Waals surface area (Å²) in [7, 11) is 0. The fourth-order valence-corrected chi connectivity index (χ4v) is 3.08. The van der Waals surface area contributed by atoms with E-state index in [2.05, 4.69) is 45.1 Å². The number of anilines is 1. The van der Waals surface area contributed by atoms with Crippen molar-refractivity contribution in [3.05, 3.63) is 28.3 Å². The normalized spacial score (nSPS) is 10.9. The van der Waals surface area contributed by atoms with Gasteiger partial charge in [-0.25, -0.2) is 9.97 Å². The third kappa shape index (κ3) is 1.92. The van der Waals surface area contributed by atoms with Crippen molar-refractivity contribution in [1.29, 1.82) is 0 Å². The first-order chi connectivity index (χ1) is 8.38. The second-order valence-corrected chi connectivity index (χ2v) is 5.25. The number of rotatable bonds is 3. The van der Waals surface area contributed by atoms with Gasteiger partial charge in [0.05, 0.1) is 5.39 Å². The van der Waals surface area contributed by atoms with Gasteiger partial charge in [-0.3, -0.25) is 0 Å². The first kappa shape index (κ1) is 10.7. The number of nitrogens with zero attached hydrogens (tertiary/aromatic N) is 2. The second-order valence-electron chi connectivity index (χ2n) is 3.58. The van der Waals surface area contributed by atoms with Crippen LogP contribution in [0.1, 0.15) is 6.92 Å². The van der Waals surface area contributed by atoms with Crippen LogP contribution in [-0.4, -0.2) is 16.5 Å². The minimum Gasteiger partial charge on any atom is -0.370 e. The van der Waals surface area contributed by atoms with Gasteiger partial charge in [-0.15, -0.1) is 11.3 Å². The van der Waals surface area contributed by atoms with Crippen LogP contribution in [0.25, 0.3) is 21.6 Å². The van der Waals surface area contributed by atoms with Gasteiger partial charge in [0.2, 0.25) is 0 Å². The van der Waals surface area contributed by atoms with E-state index < -0.39 is 0 Å². The molecule has 0 unspecified atom stereocenters. The van der Waals surface area contributed by atoms with Crippen LogP contribution in [0, 0.1) is 0 Å². The lowest BCUT2D eigenvalue weighted by molar-refractivity contribution is 1.15. The summed E-state index contributed by atoms with van der Waals surface area (Å²) in [4.78, 5) is 10.2. The Kier molecular flexibility index (Phi) is 2.78. The lowest BCUT2D eigenvalue weighted by Crippen LogP contribution is -2.01. The van der Waals surface area contributed by atoms with Crippen LogP contribution in [0.5, 0.6) is 0 Å². The summed E-state index contributed by atoms with van der Waals surface area (Å²) in [6.45, 7) is 2.94. The Bertz CT molecular complexity index is 628. The minimum atomic E-state index is 0.803. The van der Waals surface area contributed by atoms with Gasteiger partial charge in [0.15, 0.2) is 5.82 Å². The van der Waals surface area contributed by atoms with Crippen LogP contribution < -0.4 is 5.32 Å². The maximum Gasteiger partial charge on any atom is 0.163 e. The number of thiophene rings is 2. The molecule has 0 aromatic carbocycles. The van der Waals surface area contributed by atoms with E-state index in [-0.39, 0.29) is 0 Å². The summed E-state index contributed by atoms with van der Waals surface area (Å²) < 4.78 is 0. The number of fused-ring (bicyclic) bond motifs is 1. The molecule has 86 valence electrons. The maximum atomic E-state index is 4.60. The van der Waals surface area contributed by atoms with E-state index in [1.807, 2.05) is 5.38 Å². The SMILES string of the molecule is CCNc1nc(-c2ccsc2)nc2sccc12. The molecule has 3 aromatic rings. The summed E-state index contributed by atoms with van der Waals surface area (Å²) in [6.07, 6.45) is 0. The molecule has 0 fully saturated rings. The smallest absolute Gasteiger partial charge is 0.163 e. The molecule has 3 heterocycles. The third-order valence-corrected chi connectivity index (χ3v) is 3.94. The van der Waals surface area contributed by atoms with E-state index in [0.717, 1.165) is 34.0 Å². The molecule has 0 aliphatic carbocycles. The number of nitrogens with one attached hydrogen (secondary N) is 1. The summed E-state index contributed by atoms with van der Waals surface area (Å²) >= 11 is 3.32. The van der Waals surface area contributed by atoms with E-state index in [1.165, 1.54) is 0 Å². The van der Waals surface area contributed by atoms with Crippen molar-refractivity contribution >= 4 is 38.7 Å². The van der Waals surface area contributed by atoms with Crippen molar-refractivity contribution in [2.24, 2.45) is 0 Å². The minimum absolute atomic E-state index is 0.803. The predicted octanol–water partition coefficient (Wildman–Crippen LogP) is 3.85. The zero-order valence-electron chi connectivity index (χ0n) is 9.30. The van der Waals surface area contributed by atoms with Gasteiger partial charge < -0.3 is 5.32 Å². The van der Waals surface area contributed by atoms with Gasteiger partial charge in [0.1, 0.15) is 10.6 Å². The highest BCUT2D eigenvalue weighted by molar-refractivity contribution is 7.16. The Morgan fingerprint density at radius 3 is 2.94 bits per heavy atom. The summed E-state index contributed by atoms with van der Waals surface area (Å²) in [5.74, 6) is 1.73. The third-order valence-electron chi connectivity index (χ3n) is 2.45. The Labute approximate surface area is 107 Å². The zero-order chi connectivity index (χ0) is 11.7. The Morgan fingerprint density at radius 1 is 1.24 bits per heavy atom. The largest absolute Gasteiger partial charge is 0.370 e. The molecule has 0 amide bonds. The maximum absolute atomic E-state index is 4.60. The van der Waals surface area contributed by atoms with Crippen molar-refractivity contribution in [3.63, 3.8) is 0 Å². The van der Waals surface area contributed by atoms with Crippen LogP contribution >= 0.6 is 22.7 Å².